The minimum absolute atomic E-state index is 0.00814. The number of hydrogen-bond acceptors (Lipinski definition) is 4. The molecular formula is C25H30N4O2. The molecule has 0 spiro atoms. The number of hydrogen-bond donors (Lipinski definition) is 1. The minimum atomic E-state index is -0.00814. The summed E-state index contributed by atoms with van der Waals surface area (Å²) in [4.78, 5) is 19.9. The molecule has 2 aliphatic rings. The molecule has 1 fully saturated rings. The van der Waals surface area contributed by atoms with E-state index in [4.69, 9.17) is 4.74 Å². The minimum Gasteiger partial charge on any atom is -0.372 e. The van der Waals surface area contributed by atoms with Crippen LogP contribution in [0.2, 0.25) is 0 Å². The van der Waals surface area contributed by atoms with Crippen LogP contribution in [0.4, 0.5) is 0 Å². The Hall–Kier alpha value is -2.70. The molecule has 3 aromatic rings. The third kappa shape index (κ3) is 4.50. The number of imidazole rings is 1. The Morgan fingerprint density at radius 3 is 2.74 bits per heavy atom. The lowest BCUT2D eigenvalue weighted by Gasteiger charge is -2.32. The highest BCUT2D eigenvalue weighted by Gasteiger charge is 2.21. The zero-order chi connectivity index (χ0) is 21.2. The Kier molecular flexibility index (Phi) is 5.74. The molecule has 31 heavy (non-hydrogen) atoms. The van der Waals surface area contributed by atoms with Crippen LogP contribution in [0.3, 0.4) is 0 Å². The summed E-state index contributed by atoms with van der Waals surface area (Å²) in [5, 5.41) is 3.15. The maximum atomic E-state index is 12.7. The smallest absolute Gasteiger partial charge is 0.251 e. The van der Waals surface area contributed by atoms with Crippen molar-refractivity contribution in [3.63, 3.8) is 0 Å². The van der Waals surface area contributed by atoms with Crippen molar-refractivity contribution in [2.24, 2.45) is 5.92 Å². The third-order valence-electron chi connectivity index (χ3n) is 6.57. The van der Waals surface area contributed by atoms with Gasteiger partial charge < -0.3 is 14.6 Å². The van der Waals surface area contributed by atoms with Gasteiger partial charge in [0.15, 0.2) is 0 Å². The number of carbonyl (C=O) groups is 1. The maximum absolute atomic E-state index is 12.7. The molecule has 5 rings (SSSR count). The molecule has 3 heterocycles. The number of amides is 1. The molecule has 0 aliphatic carbocycles. The Labute approximate surface area is 183 Å². The first kappa shape index (κ1) is 20.2. The topological polar surface area (TPSA) is 59.4 Å². The largest absolute Gasteiger partial charge is 0.372 e. The van der Waals surface area contributed by atoms with Gasteiger partial charge >= 0.3 is 0 Å². The maximum Gasteiger partial charge on any atom is 0.251 e. The fourth-order valence-corrected chi connectivity index (χ4v) is 4.64. The molecule has 2 aliphatic heterocycles. The van der Waals surface area contributed by atoms with Crippen LogP contribution in [0.25, 0.3) is 11.0 Å². The van der Waals surface area contributed by atoms with Gasteiger partial charge in [-0.15, -0.1) is 0 Å². The van der Waals surface area contributed by atoms with Gasteiger partial charge in [-0.25, -0.2) is 4.98 Å². The summed E-state index contributed by atoms with van der Waals surface area (Å²) < 4.78 is 7.67. The fourth-order valence-electron chi connectivity index (χ4n) is 4.64. The van der Waals surface area contributed by atoms with E-state index in [2.05, 4.69) is 51.0 Å². The molecule has 6 nitrogen and oxygen atoms in total. The van der Waals surface area contributed by atoms with Crippen molar-refractivity contribution in [3.05, 3.63) is 65.0 Å². The third-order valence-corrected chi connectivity index (χ3v) is 6.57. The highest BCUT2D eigenvalue weighted by molar-refractivity contribution is 5.97. The molecule has 1 amide bonds. The van der Waals surface area contributed by atoms with Crippen molar-refractivity contribution in [3.8, 4) is 0 Å². The summed E-state index contributed by atoms with van der Waals surface area (Å²) in [6.45, 7) is 8.12. The Morgan fingerprint density at radius 2 is 1.94 bits per heavy atom. The van der Waals surface area contributed by atoms with Crippen molar-refractivity contribution in [1.29, 1.82) is 0 Å². The van der Waals surface area contributed by atoms with Crippen LogP contribution in [0.5, 0.6) is 0 Å². The van der Waals surface area contributed by atoms with Gasteiger partial charge in [-0.1, -0.05) is 29.8 Å². The zero-order valence-electron chi connectivity index (χ0n) is 18.1. The first-order valence-electron chi connectivity index (χ1n) is 11.3. The number of benzene rings is 2. The van der Waals surface area contributed by atoms with Crippen molar-refractivity contribution < 1.29 is 9.53 Å². The molecule has 1 N–H and O–H groups in total. The van der Waals surface area contributed by atoms with Crippen LogP contribution < -0.4 is 5.32 Å². The van der Waals surface area contributed by atoms with E-state index in [0.717, 1.165) is 62.4 Å². The van der Waals surface area contributed by atoms with E-state index in [-0.39, 0.29) is 5.91 Å². The van der Waals surface area contributed by atoms with Crippen molar-refractivity contribution >= 4 is 16.9 Å². The zero-order valence-corrected chi connectivity index (χ0v) is 18.1. The van der Waals surface area contributed by atoms with Gasteiger partial charge in [0.05, 0.1) is 17.6 Å². The highest BCUT2D eigenvalue weighted by atomic mass is 16.5. The predicted octanol–water partition coefficient (Wildman–Crippen LogP) is 3.52. The number of ether oxygens (including phenoxy) is 1. The first-order chi connectivity index (χ1) is 15.2. The summed E-state index contributed by atoms with van der Waals surface area (Å²) in [7, 11) is 0. The number of aromatic nitrogens is 2. The van der Waals surface area contributed by atoms with Crippen LogP contribution in [-0.4, -0.2) is 46.6 Å². The Balaban J connectivity index is 1.13. The van der Waals surface area contributed by atoms with Gasteiger partial charge in [0, 0.05) is 25.2 Å². The second kappa shape index (κ2) is 8.81. The summed E-state index contributed by atoms with van der Waals surface area (Å²) in [6.07, 6.45) is 2.25. The molecule has 2 aromatic carbocycles. The second-order valence-corrected chi connectivity index (χ2v) is 8.85. The SMILES string of the molecule is Cc1ccc(CN2CCC(CNC(=O)c3ccc4c(c3)nc3n4CCOC3)CC2)cc1. The number of carbonyl (C=O) groups excluding carboxylic acids is 1. The molecule has 1 saturated heterocycles. The summed E-state index contributed by atoms with van der Waals surface area (Å²) >= 11 is 0. The van der Waals surface area contributed by atoms with Crippen molar-refractivity contribution in [2.45, 2.75) is 39.5 Å². The van der Waals surface area contributed by atoms with E-state index in [9.17, 15) is 4.79 Å². The van der Waals surface area contributed by atoms with E-state index >= 15 is 0 Å². The number of nitrogens with one attached hydrogen (secondary N) is 1. The number of piperidine rings is 1. The predicted molar refractivity (Wildman–Crippen MR) is 121 cm³/mol. The van der Waals surface area contributed by atoms with E-state index in [0.29, 0.717) is 24.7 Å². The standard InChI is InChI=1S/C25H30N4O2/c1-18-2-4-20(5-3-18)16-28-10-8-19(9-11-28)15-26-25(30)21-6-7-23-22(14-21)27-24-17-31-13-12-29(23)24/h2-7,14,19H,8-13,15-17H2,1H3,(H,26,30). The highest BCUT2D eigenvalue weighted by Crippen LogP contribution is 2.22. The number of fused-ring (bicyclic) bond motifs is 3. The van der Waals surface area contributed by atoms with Gasteiger partial charge in [0.1, 0.15) is 12.4 Å². The van der Waals surface area contributed by atoms with Crippen molar-refractivity contribution in [1.82, 2.24) is 19.8 Å². The normalized spacial score (nSPS) is 17.6. The molecule has 0 radical (unpaired) electrons. The van der Waals surface area contributed by atoms with E-state index in [1.54, 1.807) is 0 Å². The van der Waals surface area contributed by atoms with Gasteiger partial charge in [0.25, 0.3) is 5.91 Å². The summed E-state index contributed by atoms with van der Waals surface area (Å²) in [5.74, 6) is 1.47. The average Bonchev–Trinajstić information content (AvgIpc) is 3.18. The molecule has 0 atom stereocenters. The summed E-state index contributed by atoms with van der Waals surface area (Å²) in [5.41, 5.74) is 5.31. The van der Waals surface area contributed by atoms with Crippen LogP contribution in [0, 0.1) is 12.8 Å². The Morgan fingerprint density at radius 1 is 1.13 bits per heavy atom. The summed E-state index contributed by atoms with van der Waals surface area (Å²) in [6, 6.07) is 14.6. The molecule has 6 heteroatoms. The molecule has 0 saturated carbocycles. The molecule has 0 unspecified atom stereocenters. The first-order valence-corrected chi connectivity index (χ1v) is 11.3. The van der Waals surface area contributed by atoms with Crippen LogP contribution in [0.15, 0.2) is 42.5 Å². The van der Waals surface area contributed by atoms with Crippen LogP contribution in [0.1, 0.15) is 40.2 Å². The molecule has 0 bridgehead atoms. The van der Waals surface area contributed by atoms with E-state index in [1.807, 2.05) is 18.2 Å². The fraction of sp³-hybridized carbons (Fsp3) is 0.440. The number of aryl methyl sites for hydroxylation is 1. The Bertz CT molecular complexity index is 1070. The van der Waals surface area contributed by atoms with Crippen LogP contribution >= 0.6 is 0 Å². The quantitative estimate of drug-likeness (QED) is 0.689. The van der Waals surface area contributed by atoms with E-state index in [1.165, 1.54) is 11.1 Å². The molecular weight excluding hydrogens is 388 g/mol. The number of likely N-dealkylation sites (tertiary alicyclic amines) is 1. The lowest BCUT2D eigenvalue weighted by Crippen LogP contribution is -2.38. The lowest BCUT2D eigenvalue weighted by molar-refractivity contribution is 0.0830. The van der Waals surface area contributed by atoms with E-state index < -0.39 is 0 Å². The molecule has 162 valence electrons. The van der Waals surface area contributed by atoms with Gasteiger partial charge in [0.2, 0.25) is 0 Å². The van der Waals surface area contributed by atoms with Crippen molar-refractivity contribution in [2.75, 3.05) is 26.2 Å². The van der Waals surface area contributed by atoms with Gasteiger partial charge in [-0.3, -0.25) is 9.69 Å². The molecule has 1 aromatic heterocycles. The second-order valence-electron chi connectivity index (χ2n) is 8.85. The number of rotatable bonds is 5. The lowest BCUT2D eigenvalue weighted by atomic mass is 9.96. The van der Waals surface area contributed by atoms with Gasteiger partial charge in [-0.05, 0) is 62.5 Å². The monoisotopic (exact) mass is 418 g/mol. The van der Waals surface area contributed by atoms with Gasteiger partial charge in [-0.2, -0.15) is 0 Å². The average molecular weight is 419 g/mol. The van der Waals surface area contributed by atoms with Crippen LogP contribution in [-0.2, 0) is 24.4 Å². The number of nitrogens with zero attached hydrogens (tertiary/aromatic N) is 3.